The van der Waals surface area contributed by atoms with Crippen LogP contribution < -0.4 is 10.7 Å². The Balaban J connectivity index is 2.03. The van der Waals surface area contributed by atoms with Crippen LogP contribution in [0.25, 0.3) is 21.8 Å². The maximum atomic E-state index is 12.7. The average molecular weight is 366 g/mol. The molecule has 0 aliphatic carbocycles. The largest absolute Gasteiger partial charge is 0.480 e. The maximum Gasteiger partial charge on any atom is 0.326 e. The summed E-state index contributed by atoms with van der Waals surface area (Å²) in [7, 11) is 0. The lowest BCUT2D eigenvalue weighted by Crippen LogP contribution is -2.43. The molecule has 0 unspecified atom stereocenters. The predicted molar refractivity (Wildman–Crippen MR) is 105 cm³/mol. The number of benzene rings is 2. The lowest BCUT2D eigenvalue weighted by Gasteiger charge is -2.19. The molecule has 0 saturated heterocycles. The van der Waals surface area contributed by atoms with Gasteiger partial charge in [-0.2, -0.15) is 0 Å². The van der Waals surface area contributed by atoms with E-state index in [4.69, 9.17) is 0 Å². The summed E-state index contributed by atoms with van der Waals surface area (Å²) in [6.45, 7) is 3.75. The molecule has 0 aliphatic rings. The van der Waals surface area contributed by atoms with Crippen LogP contribution in [0.4, 0.5) is 0 Å². The van der Waals surface area contributed by atoms with Gasteiger partial charge in [0, 0.05) is 10.8 Å². The van der Waals surface area contributed by atoms with Gasteiger partial charge in [-0.3, -0.25) is 9.59 Å². The summed E-state index contributed by atoms with van der Waals surface area (Å²) in [6, 6.07) is 13.3. The lowest BCUT2D eigenvalue weighted by atomic mass is 10.0. The van der Waals surface area contributed by atoms with Crippen molar-refractivity contribution in [3.63, 3.8) is 0 Å². The number of nitrogens with one attached hydrogen (secondary N) is 1. The van der Waals surface area contributed by atoms with Crippen LogP contribution in [0, 0.1) is 5.92 Å². The first kappa shape index (κ1) is 18.6. The Labute approximate surface area is 156 Å². The fraction of sp³-hybridized carbons (Fsp3) is 0.286. The van der Waals surface area contributed by atoms with E-state index < -0.39 is 17.9 Å². The van der Waals surface area contributed by atoms with Crippen LogP contribution in [0.1, 0.15) is 20.3 Å². The molecule has 0 saturated carbocycles. The molecule has 2 N–H and O–H groups in total. The molecule has 140 valence electrons. The van der Waals surface area contributed by atoms with Crippen molar-refractivity contribution in [1.82, 2.24) is 9.88 Å². The zero-order chi connectivity index (χ0) is 19.6. The summed E-state index contributed by atoms with van der Waals surface area (Å²) in [6.07, 6.45) is 0.354. The molecular weight excluding hydrogens is 344 g/mol. The predicted octanol–water partition coefficient (Wildman–Crippen LogP) is 2.77. The number of hydrogen-bond acceptors (Lipinski definition) is 3. The number of pyridine rings is 1. The summed E-state index contributed by atoms with van der Waals surface area (Å²) in [5, 5.41) is 13.0. The minimum absolute atomic E-state index is 0.0663. The highest BCUT2D eigenvalue weighted by Gasteiger charge is 2.22. The molecule has 6 nitrogen and oxygen atoms in total. The van der Waals surface area contributed by atoms with Crippen molar-refractivity contribution in [2.24, 2.45) is 5.92 Å². The molecule has 0 fully saturated rings. The van der Waals surface area contributed by atoms with E-state index in [-0.39, 0.29) is 17.9 Å². The van der Waals surface area contributed by atoms with Crippen LogP contribution >= 0.6 is 0 Å². The number of amides is 1. The third-order valence-corrected chi connectivity index (χ3v) is 4.52. The van der Waals surface area contributed by atoms with Gasteiger partial charge in [-0.15, -0.1) is 0 Å². The molecule has 0 bridgehead atoms. The normalized spacial score (nSPS) is 12.4. The Morgan fingerprint density at radius 1 is 1.00 bits per heavy atom. The standard InChI is InChI=1S/C21H22N2O4/c1-13(2)11-16(21(26)27)22-19(24)12-23-17-9-5-3-7-14(17)20(25)15-8-4-6-10-18(15)23/h3-10,13,16H,11-12H2,1-2H3,(H,22,24)(H,26,27)/t16-/m1/s1. The number of carbonyl (C=O) groups is 2. The van der Waals surface area contributed by atoms with E-state index >= 15 is 0 Å². The Kier molecular flexibility index (Phi) is 5.26. The molecule has 1 heterocycles. The molecule has 3 rings (SSSR count). The van der Waals surface area contributed by atoms with Gasteiger partial charge in [-0.25, -0.2) is 4.79 Å². The van der Waals surface area contributed by atoms with Crippen LogP contribution in [0.2, 0.25) is 0 Å². The summed E-state index contributed by atoms with van der Waals surface area (Å²) in [5.74, 6) is -1.31. The third kappa shape index (κ3) is 3.84. The van der Waals surface area contributed by atoms with Gasteiger partial charge in [0.2, 0.25) is 5.91 Å². The monoisotopic (exact) mass is 366 g/mol. The van der Waals surface area contributed by atoms with E-state index in [9.17, 15) is 19.5 Å². The number of nitrogens with zero attached hydrogens (tertiary/aromatic N) is 1. The Hall–Kier alpha value is -3.15. The zero-order valence-corrected chi connectivity index (χ0v) is 15.3. The zero-order valence-electron chi connectivity index (χ0n) is 15.3. The minimum Gasteiger partial charge on any atom is -0.480 e. The molecule has 1 aromatic heterocycles. The number of carboxylic acids is 1. The molecule has 2 aromatic carbocycles. The number of carbonyl (C=O) groups excluding carboxylic acids is 1. The van der Waals surface area contributed by atoms with Gasteiger partial charge < -0.3 is 15.0 Å². The molecule has 1 amide bonds. The van der Waals surface area contributed by atoms with Gasteiger partial charge in [-0.1, -0.05) is 38.1 Å². The number of fused-ring (bicyclic) bond motifs is 2. The SMILES string of the molecule is CC(C)C[C@@H](NC(=O)Cn1c2ccccc2c(=O)c2ccccc21)C(=O)O. The second-order valence-corrected chi connectivity index (χ2v) is 7.04. The first-order chi connectivity index (χ1) is 12.9. The Morgan fingerprint density at radius 3 is 2.00 bits per heavy atom. The number of aliphatic carboxylic acids is 1. The van der Waals surface area contributed by atoms with E-state index in [0.717, 1.165) is 0 Å². The van der Waals surface area contributed by atoms with Crippen LogP contribution in [0.5, 0.6) is 0 Å². The van der Waals surface area contributed by atoms with E-state index in [1.807, 2.05) is 26.0 Å². The Bertz CT molecular complexity index is 1010. The molecule has 1 atom stereocenters. The number of carboxylic acid groups (broad SMARTS) is 1. The molecule has 0 aliphatic heterocycles. The molecule has 0 spiro atoms. The summed E-state index contributed by atoms with van der Waals surface area (Å²) < 4.78 is 1.76. The van der Waals surface area contributed by atoms with Crippen molar-refractivity contribution >= 4 is 33.7 Å². The van der Waals surface area contributed by atoms with Crippen LogP contribution in [0.3, 0.4) is 0 Å². The maximum absolute atomic E-state index is 12.7. The van der Waals surface area contributed by atoms with Gasteiger partial charge in [0.25, 0.3) is 0 Å². The second kappa shape index (κ2) is 7.61. The molecule has 3 aromatic rings. The lowest BCUT2D eigenvalue weighted by molar-refractivity contribution is -0.142. The molecule has 6 heteroatoms. The Morgan fingerprint density at radius 2 is 1.52 bits per heavy atom. The van der Waals surface area contributed by atoms with Crippen molar-refractivity contribution in [2.45, 2.75) is 32.9 Å². The van der Waals surface area contributed by atoms with Gasteiger partial charge in [0.05, 0.1) is 11.0 Å². The summed E-state index contributed by atoms with van der Waals surface area (Å²) in [5.41, 5.74) is 1.21. The van der Waals surface area contributed by atoms with Gasteiger partial charge in [0.1, 0.15) is 12.6 Å². The van der Waals surface area contributed by atoms with Crippen molar-refractivity contribution in [2.75, 3.05) is 0 Å². The minimum atomic E-state index is -1.05. The van der Waals surface area contributed by atoms with Crippen LogP contribution in [0.15, 0.2) is 53.3 Å². The number of aromatic nitrogens is 1. The number of rotatable bonds is 6. The first-order valence-corrected chi connectivity index (χ1v) is 8.91. The van der Waals surface area contributed by atoms with E-state index in [1.54, 1.807) is 41.0 Å². The smallest absolute Gasteiger partial charge is 0.326 e. The second-order valence-electron chi connectivity index (χ2n) is 7.04. The van der Waals surface area contributed by atoms with Crippen molar-refractivity contribution in [3.05, 3.63) is 58.8 Å². The van der Waals surface area contributed by atoms with Crippen molar-refractivity contribution in [1.29, 1.82) is 0 Å². The van der Waals surface area contributed by atoms with Crippen molar-refractivity contribution in [3.8, 4) is 0 Å². The van der Waals surface area contributed by atoms with Crippen LogP contribution in [-0.4, -0.2) is 27.6 Å². The van der Waals surface area contributed by atoms with Gasteiger partial charge >= 0.3 is 5.97 Å². The third-order valence-electron chi connectivity index (χ3n) is 4.52. The quantitative estimate of drug-likeness (QED) is 0.657. The number of hydrogen-bond donors (Lipinski definition) is 2. The molecule has 0 radical (unpaired) electrons. The van der Waals surface area contributed by atoms with Gasteiger partial charge in [-0.05, 0) is 36.6 Å². The highest BCUT2D eigenvalue weighted by Crippen LogP contribution is 2.19. The van der Waals surface area contributed by atoms with Crippen LogP contribution in [-0.2, 0) is 16.1 Å². The van der Waals surface area contributed by atoms with Crippen molar-refractivity contribution < 1.29 is 14.7 Å². The number of para-hydroxylation sites is 2. The van der Waals surface area contributed by atoms with E-state index in [2.05, 4.69) is 5.32 Å². The van der Waals surface area contributed by atoms with Gasteiger partial charge in [0.15, 0.2) is 5.43 Å². The van der Waals surface area contributed by atoms with E-state index in [1.165, 1.54) is 0 Å². The molecule has 27 heavy (non-hydrogen) atoms. The fourth-order valence-electron chi connectivity index (χ4n) is 3.32. The first-order valence-electron chi connectivity index (χ1n) is 8.91. The molecular formula is C21H22N2O4. The summed E-state index contributed by atoms with van der Waals surface area (Å²) in [4.78, 5) is 36.8. The van der Waals surface area contributed by atoms with E-state index in [0.29, 0.717) is 28.2 Å². The highest BCUT2D eigenvalue weighted by molar-refractivity contribution is 5.95. The fourth-order valence-corrected chi connectivity index (χ4v) is 3.32. The summed E-state index contributed by atoms with van der Waals surface area (Å²) >= 11 is 0. The average Bonchev–Trinajstić information content (AvgIpc) is 2.64. The topological polar surface area (TPSA) is 88.4 Å². The highest BCUT2D eigenvalue weighted by atomic mass is 16.4.